The van der Waals surface area contributed by atoms with Gasteiger partial charge in [-0.05, 0) is 47.9 Å². The number of benzene rings is 1. The lowest BCUT2D eigenvalue weighted by Gasteiger charge is -2.26. The van der Waals surface area contributed by atoms with Gasteiger partial charge in [0.15, 0.2) is 0 Å². The third-order valence-corrected chi connectivity index (χ3v) is 5.42. The van der Waals surface area contributed by atoms with Crippen LogP contribution in [0, 0.1) is 0 Å². The van der Waals surface area contributed by atoms with E-state index in [0.717, 1.165) is 0 Å². The van der Waals surface area contributed by atoms with Gasteiger partial charge in [-0.15, -0.1) is 11.3 Å². The molecule has 0 saturated carbocycles. The molecule has 1 aromatic heterocycles. The van der Waals surface area contributed by atoms with Crippen LogP contribution in [0.2, 0.25) is 0 Å². The van der Waals surface area contributed by atoms with Crippen LogP contribution in [0.25, 0.3) is 0 Å². The fraction of sp³-hybridized carbons (Fsp3) is 0.333. The van der Waals surface area contributed by atoms with Crippen molar-refractivity contribution in [3.05, 3.63) is 57.3 Å². The number of nitrogens with one attached hydrogen (secondary N) is 1. The van der Waals surface area contributed by atoms with E-state index in [2.05, 4.69) is 48.0 Å². The van der Waals surface area contributed by atoms with E-state index in [-0.39, 0.29) is 5.54 Å². The molecular weight excluding hydrogens is 226 g/mol. The molecular formula is C15H15NS. The van der Waals surface area contributed by atoms with E-state index < -0.39 is 0 Å². The molecule has 2 atom stereocenters. The monoisotopic (exact) mass is 241 g/mol. The van der Waals surface area contributed by atoms with Crippen molar-refractivity contribution in [2.75, 3.05) is 0 Å². The highest BCUT2D eigenvalue weighted by atomic mass is 32.1. The van der Waals surface area contributed by atoms with Crippen molar-refractivity contribution >= 4 is 11.3 Å². The minimum atomic E-state index is 0.0429. The quantitative estimate of drug-likeness (QED) is 0.743. The van der Waals surface area contributed by atoms with Crippen molar-refractivity contribution in [1.82, 2.24) is 5.32 Å². The van der Waals surface area contributed by atoms with Crippen molar-refractivity contribution in [1.29, 1.82) is 0 Å². The molecule has 0 aliphatic carbocycles. The number of aryl methyl sites for hydroxylation is 1. The Morgan fingerprint density at radius 2 is 2.18 bits per heavy atom. The second-order valence-corrected chi connectivity index (χ2v) is 6.14. The predicted molar refractivity (Wildman–Crippen MR) is 71.4 cm³/mol. The molecule has 2 unspecified atom stereocenters. The number of rotatable bonds is 0. The van der Waals surface area contributed by atoms with Crippen LogP contribution in [0.3, 0.4) is 0 Å². The summed E-state index contributed by atoms with van der Waals surface area (Å²) >= 11 is 1.90. The van der Waals surface area contributed by atoms with Crippen LogP contribution in [0.1, 0.15) is 41.0 Å². The molecule has 0 spiro atoms. The molecule has 0 fully saturated rings. The molecule has 1 nitrogen and oxygen atoms in total. The van der Waals surface area contributed by atoms with E-state index in [1.54, 1.807) is 5.56 Å². The Bertz CT molecular complexity index is 586. The number of hydrogen-bond acceptors (Lipinski definition) is 2. The standard InChI is InChI=1S/C15H15NS/c1-15-12-5-3-2-4-11(12)13(16-15)7-6-10-8-9-17-14(10)15/h2-5,8-9,13,16H,6-7H2,1H3. The molecule has 1 N–H and O–H groups in total. The highest BCUT2D eigenvalue weighted by Gasteiger charge is 2.44. The zero-order chi connectivity index (χ0) is 11.5. The third-order valence-electron chi connectivity index (χ3n) is 4.24. The van der Waals surface area contributed by atoms with Crippen LogP contribution in [0.5, 0.6) is 0 Å². The van der Waals surface area contributed by atoms with Crippen molar-refractivity contribution in [2.45, 2.75) is 31.3 Å². The van der Waals surface area contributed by atoms with E-state index in [1.165, 1.54) is 28.8 Å². The molecule has 17 heavy (non-hydrogen) atoms. The molecule has 2 bridgehead atoms. The van der Waals surface area contributed by atoms with Crippen molar-refractivity contribution in [3.63, 3.8) is 0 Å². The van der Waals surface area contributed by atoms with Gasteiger partial charge in [0.05, 0.1) is 5.54 Å². The summed E-state index contributed by atoms with van der Waals surface area (Å²) < 4.78 is 0. The van der Waals surface area contributed by atoms with Gasteiger partial charge >= 0.3 is 0 Å². The number of hydrogen-bond donors (Lipinski definition) is 1. The topological polar surface area (TPSA) is 12.0 Å². The predicted octanol–water partition coefficient (Wildman–Crippen LogP) is 3.60. The lowest BCUT2D eigenvalue weighted by atomic mass is 9.86. The molecule has 1 aromatic carbocycles. The maximum Gasteiger partial charge on any atom is 0.0766 e. The Hall–Kier alpha value is -1.12. The molecule has 2 aromatic rings. The van der Waals surface area contributed by atoms with Gasteiger partial charge in [-0.1, -0.05) is 24.3 Å². The average molecular weight is 241 g/mol. The summed E-state index contributed by atoms with van der Waals surface area (Å²) in [5.41, 5.74) is 4.57. The molecule has 3 heterocycles. The summed E-state index contributed by atoms with van der Waals surface area (Å²) in [5.74, 6) is 0. The first-order chi connectivity index (χ1) is 8.29. The average Bonchev–Trinajstić information content (AvgIpc) is 2.88. The third kappa shape index (κ3) is 1.17. The lowest BCUT2D eigenvalue weighted by Crippen LogP contribution is -2.34. The molecule has 2 aliphatic rings. The fourth-order valence-corrected chi connectivity index (χ4v) is 4.54. The fourth-order valence-electron chi connectivity index (χ4n) is 3.45. The first-order valence-corrected chi connectivity index (χ1v) is 7.11. The van der Waals surface area contributed by atoms with Gasteiger partial charge in [0, 0.05) is 10.9 Å². The molecule has 0 amide bonds. The van der Waals surface area contributed by atoms with Crippen molar-refractivity contribution < 1.29 is 0 Å². The van der Waals surface area contributed by atoms with E-state index in [4.69, 9.17) is 0 Å². The zero-order valence-electron chi connectivity index (χ0n) is 9.86. The van der Waals surface area contributed by atoms with E-state index in [9.17, 15) is 0 Å². The van der Waals surface area contributed by atoms with Crippen molar-refractivity contribution in [3.8, 4) is 0 Å². The van der Waals surface area contributed by atoms with Crippen LogP contribution in [0.15, 0.2) is 35.7 Å². The van der Waals surface area contributed by atoms with Crippen LogP contribution >= 0.6 is 11.3 Å². The summed E-state index contributed by atoms with van der Waals surface area (Å²) in [6.07, 6.45) is 2.43. The lowest BCUT2D eigenvalue weighted by molar-refractivity contribution is 0.428. The Labute approximate surface area is 105 Å². The van der Waals surface area contributed by atoms with Gasteiger partial charge in [0.2, 0.25) is 0 Å². The summed E-state index contributed by atoms with van der Waals surface area (Å²) in [4.78, 5) is 1.52. The maximum absolute atomic E-state index is 3.85. The molecule has 2 aliphatic heterocycles. The summed E-state index contributed by atoms with van der Waals surface area (Å²) in [6.45, 7) is 2.34. The normalized spacial score (nSPS) is 29.6. The first-order valence-electron chi connectivity index (χ1n) is 6.23. The van der Waals surface area contributed by atoms with Gasteiger partial charge in [0.25, 0.3) is 0 Å². The highest BCUT2D eigenvalue weighted by Crippen LogP contribution is 2.48. The Kier molecular flexibility index (Phi) is 1.86. The van der Waals surface area contributed by atoms with Crippen LogP contribution in [-0.2, 0) is 12.0 Å². The van der Waals surface area contributed by atoms with E-state index in [0.29, 0.717) is 6.04 Å². The summed E-state index contributed by atoms with van der Waals surface area (Å²) in [7, 11) is 0. The Morgan fingerprint density at radius 3 is 3.12 bits per heavy atom. The second kappa shape index (κ2) is 3.21. The maximum atomic E-state index is 3.85. The molecule has 86 valence electrons. The van der Waals surface area contributed by atoms with Crippen LogP contribution in [-0.4, -0.2) is 0 Å². The van der Waals surface area contributed by atoms with E-state index >= 15 is 0 Å². The summed E-state index contributed by atoms with van der Waals surface area (Å²) in [5, 5.41) is 6.08. The largest absolute Gasteiger partial charge is 0.296 e. The zero-order valence-corrected chi connectivity index (χ0v) is 10.7. The molecule has 0 saturated heterocycles. The van der Waals surface area contributed by atoms with Gasteiger partial charge in [0.1, 0.15) is 0 Å². The van der Waals surface area contributed by atoms with E-state index in [1.807, 2.05) is 11.3 Å². The molecule has 2 heteroatoms. The first kappa shape index (κ1) is 9.86. The minimum Gasteiger partial charge on any atom is -0.296 e. The van der Waals surface area contributed by atoms with Gasteiger partial charge in [-0.3, -0.25) is 5.32 Å². The number of fused-ring (bicyclic) bond motifs is 7. The molecule has 0 radical (unpaired) electrons. The Balaban J connectivity index is 2.03. The molecule has 4 rings (SSSR count). The number of thiophene rings is 1. The smallest absolute Gasteiger partial charge is 0.0766 e. The summed E-state index contributed by atoms with van der Waals surface area (Å²) in [6, 6.07) is 11.7. The van der Waals surface area contributed by atoms with Gasteiger partial charge in [-0.2, -0.15) is 0 Å². The highest BCUT2D eigenvalue weighted by molar-refractivity contribution is 7.10. The van der Waals surface area contributed by atoms with Gasteiger partial charge < -0.3 is 0 Å². The minimum absolute atomic E-state index is 0.0429. The van der Waals surface area contributed by atoms with Gasteiger partial charge in [-0.25, -0.2) is 0 Å². The Morgan fingerprint density at radius 1 is 1.29 bits per heavy atom. The second-order valence-electron chi connectivity index (χ2n) is 5.22. The van der Waals surface area contributed by atoms with Crippen molar-refractivity contribution in [2.24, 2.45) is 0 Å². The van der Waals surface area contributed by atoms with Crippen LogP contribution in [0.4, 0.5) is 0 Å². The van der Waals surface area contributed by atoms with Crippen LogP contribution < -0.4 is 5.32 Å². The SMILES string of the molecule is CC12NC(CCc3ccsc31)c1ccccc12.